The predicted molar refractivity (Wildman–Crippen MR) is 185 cm³/mol. The summed E-state index contributed by atoms with van der Waals surface area (Å²) in [5.41, 5.74) is 10.00. The molecule has 1 saturated heterocycles. The number of hydrogen-bond acceptors (Lipinski definition) is 9. The van der Waals surface area contributed by atoms with Gasteiger partial charge in [-0.15, -0.1) is 0 Å². The minimum absolute atomic E-state index is 0.0167. The molecule has 1 unspecified atom stereocenters. The highest BCUT2D eigenvalue weighted by Crippen LogP contribution is 2.31. The molecule has 0 radical (unpaired) electrons. The number of hydrogen-bond donors (Lipinski definition) is 4. The molecule has 0 spiro atoms. The van der Waals surface area contributed by atoms with E-state index in [9.17, 15) is 14.7 Å². The van der Waals surface area contributed by atoms with E-state index in [0.29, 0.717) is 57.7 Å². The van der Waals surface area contributed by atoms with Crippen molar-refractivity contribution >= 4 is 45.3 Å². The number of nitrogens with zero attached hydrogens (tertiary/aromatic N) is 6. The Balaban J connectivity index is 1.28. The van der Waals surface area contributed by atoms with Crippen LogP contribution < -0.4 is 21.9 Å². The van der Waals surface area contributed by atoms with Crippen LogP contribution in [-0.4, -0.2) is 59.4 Å². The number of aromatic nitrogens is 6. The van der Waals surface area contributed by atoms with E-state index in [1.54, 1.807) is 39.6 Å². The minimum atomic E-state index is -0.212. The molecule has 1 aliphatic heterocycles. The quantitative estimate of drug-likeness (QED) is 0.169. The summed E-state index contributed by atoms with van der Waals surface area (Å²) in [6, 6.07) is 19.8. The first-order valence-corrected chi connectivity index (χ1v) is 16.2. The van der Waals surface area contributed by atoms with Crippen molar-refractivity contribution in [2.24, 2.45) is 0 Å². The number of phenolic OH excluding ortho intramolecular Hbond substituents is 1. The number of nitrogens with one attached hydrogen (secondary N) is 2. The Morgan fingerprint density at radius 3 is 2.62 bits per heavy atom. The van der Waals surface area contributed by atoms with Crippen molar-refractivity contribution in [3.05, 3.63) is 105 Å². The smallest absolute Gasteiger partial charge is 0.262 e. The molecule has 48 heavy (non-hydrogen) atoms. The Bertz CT molecular complexity index is 2190. The molecule has 0 saturated carbocycles. The van der Waals surface area contributed by atoms with Gasteiger partial charge in [-0.2, -0.15) is 5.10 Å². The molecule has 6 aromatic rings. The SMILES string of the molecule is Nc1ncnc2c1c(-c1ccc(O)cc1)nn2Cc1nc2cccc(CCCC(=O)NC3CCNC3)c2c(=O)n1Cc1ccccc1Cl. The highest BCUT2D eigenvalue weighted by atomic mass is 35.5. The van der Waals surface area contributed by atoms with Crippen molar-refractivity contribution in [3.63, 3.8) is 0 Å². The predicted octanol–water partition coefficient (Wildman–Crippen LogP) is 4.04. The molecule has 5 N–H and O–H groups in total. The van der Waals surface area contributed by atoms with Gasteiger partial charge in [-0.05, 0) is 73.3 Å². The Kier molecular flexibility index (Phi) is 8.74. The number of carbonyl (C=O) groups is 1. The van der Waals surface area contributed by atoms with Gasteiger partial charge in [0.05, 0.1) is 22.8 Å². The van der Waals surface area contributed by atoms with Gasteiger partial charge in [-0.1, -0.05) is 41.9 Å². The fourth-order valence-corrected chi connectivity index (χ4v) is 6.48. The van der Waals surface area contributed by atoms with Crippen LogP contribution in [-0.2, 0) is 24.3 Å². The van der Waals surface area contributed by atoms with Crippen LogP contribution in [0.5, 0.6) is 5.75 Å². The first kappa shape index (κ1) is 31.3. The van der Waals surface area contributed by atoms with Crippen LogP contribution in [0, 0.1) is 0 Å². The summed E-state index contributed by atoms with van der Waals surface area (Å²) >= 11 is 6.58. The summed E-state index contributed by atoms with van der Waals surface area (Å²) in [5.74, 6) is 0.850. The molecular weight excluding hydrogens is 630 g/mol. The normalized spacial score (nSPS) is 14.6. The number of nitrogens with two attached hydrogens (primary N) is 1. The van der Waals surface area contributed by atoms with E-state index in [0.717, 1.165) is 36.2 Å². The summed E-state index contributed by atoms with van der Waals surface area (Å²) in [7, 11) is 0. The van der Waals surface area contributed by atoms with Crippen molar-refractivity contribution in [3.8, 4) is 17.0 Å². The van der Waals surface area contributed by atoms with Crippen LogP contribution in [0.2, 0.25) is 5.02 Å². The molecule has 3 aromatic heterocycles. The summed E-state index contributed by atoms with van der Waals surface area (Å²) in [4.78, 5) is 40.8. The van der Waals surface area contributed by atoms with Gasteiger partial charge in [0.2, 0.25) is 5.91 Å². The molecule has 1 fully saturated rings. The van der Waals surface area contributed by atoms with Gasteiger partial charge in [-0.25, -0.2) is 19.6 Å². The fraction of sp³-hybridized carbons (Fsp3) is 0.257. The zero-order valence-corrected chi connectivity index (χ0v) is 26.8. The van der Waals surface area contributed by atoms with Crippen molar-refractivity contribution in [1.82, 2.24) is 39.9 Å². The fourth-order valence-electron chi connectivity index (χ4n) is 6.28. The lowest BCUT2D eigenvalue weighted by Gasteiger charge is -2.16. The molecule has 13 heteroatoms. The van der Waals surface area contributed by atoms with Gasteiger partial charge in [0.1, 0.15) is 36.0 Å². The van der Waals surface area contributed by atoms with E-state index in [4.69, 9.17) is 27.4 Å². The van der Waals surface area contributed by atoms with Crippen molar-refractivity contribution in [2.75, 3.05) is 18.8 Å². The average molecular weight is 664 g/mol. The standard InChI is InChI=1S/C35H34ClN9O3/c36-26-8-2-1-5-23(26)18-44-28(19-45-34-31(33(37)39-20-40-34)32(43-45)22-11-13-25(46)14-12-22)42-27-9-3-6-21(30(27)35(44)48)7-4-10-29(47)41-24-15-16-38-17-24/h1-3,5-6,8-9,11-14,20,24,38,46H,4,7,10,15-19H2,(H,41,47)(H2,37,39,40). The third-order valence-corrected chi connectivity index (χ3v) is 9.07. The largest absolute Gasteiger partial charge is 0.508 e. The number of halogens is 1. The Hall–Kier alpha value is -5.33. The van der Waals surface area contributed by atoms with Crippen molar-refractivity contribution in [2.45, 2.75) is 44.8 Å². The third-order valence-electron chi connectivity index (χ3n) is 8.70. The van der Waals surface area contributed by atoms with Crippen LogP contribution in [0.15, 0.2) is 77.9 Å². The van der Waals surface area contributed by atoms with E-state index in [1.165, 1.54) is 6.33 Å². The maximum atomic E-state index is 14.5. The number of phenols is 1. The molecule has 0 bridgehead atoms. The molecule has 0 aliphatic carbocycles. The number of carbonyl (C=O) groups excluding carboxylic acids is 1. The molecule has 1 aliphatic rings. The van der Waals surface area contributed by atoms with Gasteiger partial charge in [0.15, 0.2) is 5.65 Å². The second kappa shape index (κ2) is 13.4. The number of anilines is 1. The van der Waals surface area contributed by atoms with Gasteiger partial charge >= 0.3 is 0 Å². The van der Waals surface area contributed by atoms with Crippen LogP contribution in [0.1, 0.15) is 36.2 Å². The summed E-state index contributed by atoms with van der Waals surface area (Å²) in [6.07, 6.45) is 3.81. The van der Waals surface area contributed by atoms with E-state index in [1.807, 2.05) is 36.4 Å². The monoisotopic (exact) mass is 663 g/mol. The first-order valence-electron chi connectivity index (χ1n) is 15.9. The second-order valence-corrected chi connectivity index (χ2v) is 12.4. The van der Waals surface area contributed by atoms with Crippen LogP contribution in [0.3, 0.4) is 0 Å². The van der Waals surface area contributed by atoms with Crippen LogP contribution >= 0.6 is 11.6 Å². The highest BCUT2D eigenvalue weighted by Gasteiger charge is 2.22. The van der Waals surface area contributed by atoms with E-state index < -0.39 is 0 Å². The molecule has 1 amide bonds. The lowest BCUT2D eigenvalue weighted by molar-refractivity contribution is -0.121. The van der Waals surface area contributed by atoms with Gasteiger partial charge in [0.25, 0.3) is 5.56 Å². The number of fused-ring (bicyclic) bond motifs is 2. The van der Waals surface area contributed by atoms with Crippen LogP contribution in [0.4, 0.5) is 5.82 Å². The molecule has 1 atom stereocenters. The van der Waals surface area contributed by atoms with E-state index in [2.05, 4.69) is 20.6 Å². The lowest BCUT2D eigenvalue weighted by atomic mass is 10.0. The lowest BCUT2D eigenvalue weighted by Crippen LogP contribution is -2.36. The first-order chi connectivity index (χ1) is 23.4. The number of benzene rings is 3. The van der Waals surface area contributed by atoms with Gasteiger partial charge in [-0.3, -0.25) is 14.2 Å². The Morgan fingerprint density at radius 1 is 1.02 bits per heavy atom. The number of nitrogen functional groups attached to an aromatic ring is 1. The van der Waals surface area contributed by atoms with E-state index >= 15 is 0 Å². The summed E-state index contributed by atoms with van der Waals surface area (Å²) < 4.78 is 3.29. The second-order valence-electron chi connectivity index (χ2n) is 11.9. The molecule has 244 valence electrons. The van der Waals surface area contributed by atoms with E-state index in [-0.39, 0.29) is 42.2 Å². The van der Waals surface area contributed by atoms with Crippen molar-refractivity contribution < 1.29 is 9.90 Å². The Morgan fingerprint density at radius 2 is 1.83 bits per heavy atom. The Labute approximate surface area is 280 Å². The number of amides is 1. The zero-order chi connectivity index (χ0) is 33.2. The molecular formula is C35H34ClN9O3. The van der Waals surface area contributed by atoms with Gasteiger partial charge in [0, 0.05) is 29.6 Å². The number of rotatable bonds is 10. The molecule has 3 aromatic carbocycles. The van der Waals surface area contributed by atoms with Crippen LogP contribution in [0.25, 0.3) is 33.2 Å². The third kappa shape index (κ3) is 6.32. The highest BCUT2D eigenvalue weighted by molar-refractivity contribution is 6.31. The molecule has 7 rings (SSSR count). The van der Waals surface area contributed by atoms with Gasteiger partial charge < -0.3 is 21.5 Å². The molecule has 4 heterocycles. The molecule has 12 nitrogen and oxygen atoms in total. The topological polar surface area (TPSA) is 166 Å². The maximum Gasteiger partial charge on any atom is 0.262 e. The zero-order valence-electron chi connectivity index (χ0n) is 26.1. The number of aromatic hydroxyl groups is 1. The maximum absolute atomic E-state index is 14.5. The summed E-state index contributed by atoms with van der Waals surface area (Å²) in [5, 5.41) is 22.7. The average Bonchev–Trinajstić information content (AvgIpc) is 3.73. The van der Waals surface area contributed by atoms with Crippen molar-refractivity contribution in [1.29, 1.82) is 0 Å². The summed E-state index contributed by atoms with van der Waals surface area (Å²) in [6.45, 7) is 1.99. The number of aryl methyl sites for hydroxylation is 1. The minimum Gasteiger partial charge on any atom is -0.508 e.